The predicted octanol–water partition coefficient (Wildman–Crippen LogP) is 7.18. The first kappa shape index (κ1) is 20.5. The van der Waals surface area contributed by atoms with Crippen LogP contribution in [0.5, 0.6) is 0 Å². The third-order valence-electron chi connectivity index (χ3n) is 3.51. The van der Waals surface area contributed by atoms with E-state index in [0.717, 1.165) is 11.1 Å². The normalized spacial score (nSPS) is 13.6. The summed E-state index contributed by atoms with van der Waals surface area (Å²) in [4.78, 5) is 11.8. The molecule has 0 aliphatic carbocycles. The SMILES string of the molecule is O=C(C(Br)Cc1c(Cl)cccc1Cl)C(Br)Cc1c(Cl)cccc1Cl. The minimum atomic E-state index is -0.430. The Morgan fingerprint density at radius 2 is 1.04 bits per heavy atom. The van der Waals surface area contributed by atoms with Gasteiger partial charge in [-0.05, 0) is 48.2 Å². The second-order valence-corrected chi connectivity index (χ2v) is 8.99. The first-order valence-electron chi connectivity index (χ1n) is 6.99. The number of hydrogen-bond donors (Lipinski definition) is 0. The minimum absolute atomic E-state index is 0.0260. The van der Waals surface area contributed by atoms with Crippen molar-refractivity contribution in [3.63, 3.8) is 0 Å². The number of alkyl halides is 2. The Balaban J connectivity index is 2.10. The summed E-state index contributed by atoms with van der Waals surface area (Å²) in [5, 5.41) is 2.17. The molecule has 0 radical (unpaired) electrons. The molecule has 2 aromatic carbocycles. The second-order valence-electron chi connectivity index (χ2n) is 5.15. The van der Waals surface area contributed by atoms with E-state index in [2.05, 4.69) is 31.9 Å². The maximum absolute atomic E-state index is 12.6. The van der Waals surface area contributed by atoms with Gasteiger partial charge in [0, 0.05) is 20.1 Å². The molecule has 0 aliphatic heterocycles. The van der Waals surface area contributed by atoms with Crippen LogP contribution in [0.4, 0.5) is 0 Å². The highest BCUT2D eigenvalue weighted by Gasteiger charge is 2.26. The van der Waals surface area contributed by atoms with Gasteiger partial charge in [-0.15, -0.1) is 0 Å². The Morgan fingerprint density at radius 1 is 0.750 bits per heavy atom. The van der Waals surface area contributed by atoms with Crippen LogP contribution in [0.15, 0.2) is 36.4 Å². The van der Waals surface area contributed by atoms with E-state index in [1.165, 1.54) is 0 Å². The van der Waals surface area contributed by atoms with Crippen molar-refractivity contribution in [3.05, 3.63) is 67.6 Å². The van der Waals surface area contributed by atoms with Gasteiger partial charge in [-0.3, -0.25) is 4.79 Å². The smallest absolute Gasteiger partial charge is 0.160 e. The fraction of sp³-hybridized carbons (Fsp3) is 0.235. The molecule has 0 aliphatic rings. The number of ketones is 1. The van der Waals surface area contributed by atoms with Gasteiger partial charge in [-0.1, -0.05) is 90.4 Å². The molecule has 2 rings (SSSR count). The highest BCUT2D eigenvalue weighted by Crippen LogP contribution is 2.30. The molecule has 0 fully saturated rings. The zero-order valence-corrected chi connectivity index (χ0v) is 18.4. The molecule has 2 aromatic rings. The fourth-order valence-corrected chi connectivity index (χ4v) is 4.95. The number of carbonyl (C=O) groups excluding carboxylic acids is 1. The van der Waals surface area contributed by atoms with E-state index in [1.807, 2.05) is 0 Å². The Hall–Kier alpha value is 0.230. The Bertz CT molecular complexity index is 649. The molecule has 0 N–H and O–H groups in total. The largest absolute Gasteiger partial charge is 0.297 e. The number of halogens is 6. The Kier molecular flexibility index (Phi) is 7.92. The van der Waals surface area contributed by atoms with Gasteiger partial charge in [-0.2, -0.15) is 0 Å². The van der Waals surface area contributed by atoms with Crippen LogP contribution in [0.2, 0.25) is 20.1 Å². The molecule has 0 aromatic heterocycles. The molecule has 2 atom stereocenters. The van der Waals surface area contributed by atoms with E-state index in [1.54, 1.807) is 36.4 Å². The fourth-order valence-electron chi connectivity index (χ4n) is 2.21. The zero-order valence-electron chi connectivity index (χ0n) is 12.2. The van der Waals surface area contributed by atoms with E-state index in [-0.39, 0.29) is 5.78 Å². The van der Waals surface area contributed by atoms with Crippen LogP contribution >= 0.6 is 78.3 Å². The summed E-state index contributed by atoms with van der Waals surface area (Å²) in [5.74, 6) is -0.0260. The van der Waals surface area contributed by atoms with Gasteiger partial charge in [0.05, 0.1) is 9.65 Å². The van der Waals surface area contributed by atoms with Crippen LogP contribution in [0.3, 0.4) is 0 Å². The van der Waals surface area contributed by atoms with Crippen LogP contribution < -0.4 is 0 Å². The summed E-state index contributed by atoms with van der Waals surface area (Å²) in [6, 6.07) is 10.5. The van der Waals surface area contributed by atoms with E-state index in [9.17, 15) is 4.79 Å². The molecule has 0 heterocycles. The molecule has 0 bridgehead atoms. The van der Waals surface area contributed by atoms with Gasteiger partial charge >= 0.3 is 0 Å². The summed E-state index contributed by atoms with van der Waals surface area (Å²) in [5.41, 5.74) is 1.48. The molecule has 0 saturated carbocycles. The molecule has 7 heteroatoms. The van der Waals surface area contributed by atoms with Crippen molar-refractivity contribution in [3.8, 4) is 0 Å². The topological polar surface area (TPSA) is 17.1 Å². The maximum atomic E-state index is 12.6. The van der Waals surface area contributed by atoms with Crippen molar-refractivity contribution < 1.29 is 4.79 Å². The van der Waals surface area contributed by atoms with Gasteiger partial charge in [-0.25, -0.2) is 0 Å². The Labute approximate surface area is 177 Å². The number of rotatable bonds is 6. The van der Waals surface area contributed by atoms with Gasteiger partial charge in [0.15, 0.2) is 5.78 Å². The van der Waals surface area contributed by atoms with Crippen LogP contribution in [0.25, 0.3) is 0 Å². The summed E-state index contributed by atoms with van der Waals surface area (Å²) in [6.07, 6.45) is 0.797. The minimum Gasteiger partial charge on any atom is -0.297 e. The average Bonchev–Trinajstić information content (AvgIpc) is 2.53. The number of carbonyl (C=O) groups is 1. The van der Waals surface area contributed by atoms with Crippen molar-refractivity contribution in [2.24, 2.45) is 0 Å². The third kappa shape index (κ3) is 5.12. The van der Waals surface area contributed by atoms with Gasteiger partial charge in [0.1, 0.15) is 0 Å². The average molecular weight is 534 g/mol. The lowest BCUT2D eigenvalue weighted by atomic mass is 10.0. The zero-order chi connectivity index (χ0) is 17.9. The summed E-state index contributed by atoms with van der Waals surface area (Å²) in [6.45, 7) is 0. The van der Waals surface area contributed by atoms with Crippen molar-refractivity contribution in [2.75, 3.05) is 0 Å². The van der Waals surface area contributed by atoms with E-state index < -0.39 is 9.65 Å². The number of benzene rings is 2. The predicted molar refractivity (Wildman–Crippen MR) is 111 cm³/mol. The van der Waals surface area contributed by atoms with Crippen LogP contribution in [-0.2, 0) is 17.6 Å². The first-order valence-corrected chi connectivity index (χ1v) is 10.3. The molecule has 2 unspecified atom stereocenters. The summed E-state index contributed by atoms with van der Waals surface area (Å²) in [7, 11) is 0. The van der Waals surface area contributed by atoms with Gasteiger partial charge in [0.2, 0.25) is 0 Å². The number of hydrogen-bond acceptors (Lipinski definition) is 1. The van der Waals surface area contributed by atoms with E-state index in [4.69, 9.17) is 46.4 Å². The van der Waals surface area contributed by atoms with Gasteiger partial charge in [0.25, 0.3) is 0 Å². The lowest BCUT2D eigenvalue weighted by Gasteiger charge is -2.16. The molecule has 0 spiro atoms. The molecule has 128 valence electrons. The Morgan fingerprint density at radius 3 is 1.33 bits per heavy atom. The molecule has 0 amide bonds. The molecular formula is C17H12Br2Cl4O. The molecule has 24 heavy (non-hydrogen) atoms. The van der Waals surface area contributed by atoms with Crippen molar-refractivity contribution in [1.82, 2.24) is 0 Å². The standard InChI is InChI=1S/C17H12Br2Cl4O/c18-11(7-9-13(20)3-1-4-14(9)21)17(24)12(19)8-10-15(22)5-2-6-16(10)23/h1-6,11-12H,7-8H2. The summed E-state index contributed by atoms with van der Waals surface area (Å²) >= 11 is 31.5. The second kappa shape index (κ2) is 9.25. The van der Waals surface area contributed by atoms with Crippen LogP contribution in [-0.4, -0.2) is 15.4 Å². The van der Waals surface area contributed by atoms with Crippen LogP contribution in [0.1, 0.15) is 11.1 Å². The van der Waals surface area contributed by atoms with Crippen molar-refractivity contribution in [1.29, 1.82) is 0 Å². The van der Waals surface area contributed by atoms with E-state index in [0.29, 0.717) is 32.9 Å². The van der Waals surface area contributed by atoms with Crippen molar-refractivity contribution >= 4 is 84.0 Å². The first-order chi connectivity index (χ1) is 11.3. The van der Waals surface area contributed by atoms with Gasteiger partial charge < -0.3 is 0 Å². The summed E-state index contributed by atoms with van der Waals surface area (Å²) < 4.78 is 0. The molecular weight excluding hydrogens is 522 g/mol. The highest BCUT2D eigenvalue weighted by molar-refractivity contribution is 9.10. The highest BCUT2D eigenvalue weighted by atomic mass is 79.9. The number of Topliss-reactive ketones (excluding diaryl/α,β-unsaturated/α-hetero) is 1. The third-order valence-corrected chi connectivity index (χ3v) is 6.47. The monoisotopic (exact) mass is 530 g/mol. The molecule has 0 saturated heterocycles. The quantitative estimate of drug-likeness (QED) is 0.359. The molecule has 1 nitrogen and oxygen atoms in total. The lowest BCUT2D eigenvalue weighted by Crippen LogP contribution is -2.27. The van der Waals surface area contributed by atoms with E-state index >= 15 is 0 Å². The van der Waals surface area contributed by atoms with Crippen LogP contribution in [0, 0.1) is 0 Å². The maximum Gasteiger partial charge on any atom is 0.160 e. The lowest BCUT2D eigenvalue weighted by molar-refractivity contribution is -0.117. The van der Waals surface area contributed by atoms with Crippen molar-refractivity contribution in [2.45, 2.75) is 22.5 Å².